The first-order chi connectivity index (χ1) is 6.16. The minimum absolute atomic E-state index is 0.183. The monoisotopic (exact) mass is 177 g/mol. The molecule has 0 aliphatic carbocycles. The molecular formula is C10H11NO2. The lowest BCUT2D eigenvalue weighted by Crippen LogP contribution is -2.06. The number of rotatable bonds is 3. The number of carboxylic acid groups (broad SMARTS) is 1. The molecule has 68 valence electrons. The summed E-state index contributed by atoms with van der Waals surface area (Å²) in [5.41, 5.74) is 6.71. The number of carbonyl (C=O) groups is 1. The summed E-state index contributed by atoms with van der Waals surface area (Å²) in [7, 11) is 0. The van der Waals surface area contributed by atoms with E-state index in [1.54, 1.807) is 24.3 Å². The van der Waals surface area contributed by atoms with Crippen molar-refractivity contribution in [3.63, 3.8) is 0 Å². The van der Waals surface area contributed by atoms with Gasteiger partial charge in [0.1, 0.15) is 0 Å². The molecule has 0 fully saturated rings. The Morgan fingerprint density at radius 3 is 2.85 bits per heavy atom. The smallest absolute Gasteiger partial charge is 0.338 e. The molecule has 0 bridgehead atoms. The lowest BCUT2D eigenvalue weighted by molar-refractivity contribution is 0.0697. The molecule has 0 amide bonds. The number of carboxylic acids is 1. The molecule has 3 N–H and O–H groups in total. The van der Waals surface area contributed by atoms with Crippen molar-refractivity contribution in [2.24, 2.45) is 0 Å². The standard InChI is InChI=1S/C10H11NO2/c1-2-4-7-5-3-6-8(11)9(7)10(12)13/h2-3,5-6H,1,4,11H2,(H,12,13). The van der Waals surface area contributed by atoms with Gasteiger partial charge in [-0.15, -0.1) is 6.58 Å². The second-order valence-corrected chi connectivity index (χ2v) is 2.68. The van der Waals surface area contributed by atoms with Gasteiger partial charge in [-0.3, -0.25) is 0 Å². The van der Waals surface area contributed by atoms with Gasteiger partial charge in [0.25, 0.3) is 0 Å². The van der Waals surface area contributed by atoms with Crippen LogP contribution in [-0.2, 0) is 6.42 Å². The molecule has 0 unspecified atom stereocenters. The Morgan fingerprint density at radius 2 is 2.31 bits per heavy atom. The highest BCUT2D eigenvalue weighted by atomic mass is 16.4. The van der Waals surface area contributed by atoms with Gasteiger partial charge in [0, 0.05) is 5.69 Å². The summed E-state index contributed by atoms with van der Waals surface area (Å²) in [4.78, 5) is 10.8. The predicted molar refractivity (Wildman–Crippen MR) is 51.7 cm³/mol. The van der Waals surface area contributed by atoms with Crippen LogP contribution in [0.25, 0.3) is 0 Å². The van der Waals surface area contributed by atoms with Crippen LogP contribution in [0, 0.1) is 0 Å². The zero-order valence-electron chi connectivity index (χ0n) is 7.16. The maximum atomic E-state index is 10.8. The van der Waals surface area contributed by atoms with Crippen molar-refractivity contribution in [3.8, 4) is 0 Å². The van der Waals surface area contributed by atoms with E-state index in [0.717, 1.165) is 0 Å². The van der Waals surface area contributed by atoms with Crippen LogP contribution in [0.1, 0.15) is 15.9 Å². The van der Waals surface area contributed by atoms with Crippen molar-refractivity contribution in [2.75, 3.05) is 5.73 Å². The molecule has 0 spiro atoms. The first kappa shape index (κ1) is 9.32. The summed E-state index contributed by atoms with van der Waals surface area (Å²) in [6, 6.07) is 5.05. The Kier molecular flexibility index (Phi) is 2.69. The van der Waals surface area contributed by atoms with Crippen LogP contribution in [0.4, 0.5) is 5.69 Å². The lowest BCUT2D eigenvalue weighted by Gasteiger charge is -2.05. The van der Waals surface area contributed by atoms with E-state index in [0.29, 0.717) is 17.7 Å². The fraction of sp³-hybridized carbons (Fsp3) is 0.100. The minimum atomic E-state index is -0.991. The Hall–Kier alpha value is -1.77. The van der Waals surface area contributed by atoms with Gasteiger partial charge in [-0.25, -0.2) is 4.79 Å². The second kappa shape index (κ2) is 3.76. The Morgan fingerprint density at radius 1 is 1.62 bits per heavy atom. The number of hydrogen-bond acceptors (Lipinski definition) is 2. The van der Waals surface area contributed by atoms with Crippen molar-refractivity contribution in [2.45, 2.75) is 6.42 Å². The number of nitrogen functional groups attached to an aromatic ring is 1. The van der Waals surface area contributed by atoms with Gasteiger partial charge in [0.2, 0.25) is 0 Å². The van der Waals surface area contributed by atoms with Gasteiger partial charge >= 0.3 is 5.97 Å². The van der Waals surface area contributed by atoms with Crippen LogP contribution >= 0.6 is 0 Å². The zero-order chi connectivity index (χ0) is 9.84. The van der Waals surface area contributed by atoms with E-state index in [1.807, 2.05) is 0 Å². The van der Waals surface area contributed by atoms with Crippen LogP contribution in [0.3, 0.4) is 0 Å². The quantitative estimate of drug-likeness (QED) is 0.545. The van der Waals surface area contributed by atoms with E-state index in [2.05, 4.69) is 6.58 Å². The summed E-state index contributed by atoms with van der Waals surface area (Å²) < 4.78 is 0. The first-order valence-electron chi connectivity index (χ1n) is 3.88. The van der Waals surface area contributed by atoms with Gasteiger partial charge in [0.15, 0.2) is 0 Å². The highest BCUT2D eigenvalue weighted by Crippen LogP contribution is 2.17. The van der Waals surface area contributed by atoms with Crippen LogP contribution in [0.2, 0.25) is 0 Å². The van der Waals surface area contributed by atoms with E-state index in [4.69, 9.17) is 10.8 Å². The maximum absolute atomic E-state index is 10.8. The third-order valence-electron chi connectivity index (χ3n) is 1.76. The third kappa shape index (κ3) is 1.87. The molecular weight excluding hydrogens is 166 g/mol. The molecule has 3 heteroatoms. The van der Waals surface area contributed by atoms with Crippen LogP contribution in [0.15, 0.2) is 30.9 Å². The van der Waals surface area contributed by atoms with Gasteiger partial charge in [-0.1, -0.05) is 18.2 Å². The number of aromatic carboxylic acids is 1. The molecule has 0 saturated heterocycles. The normalized spacial score (nSPS) is 9.54. The summed E-state index contributed by atoms with van der Waals surface area (Å²) >= 11 is 0. The van der Waals surface area contributed by atoms with Crippen LogP contribution in [-0.4, -0.2) is 11.1 Å². The summed E-state index contributed by atoms with van der Waals surface area (Å²) in [5.74, 6) is -0.991. The fourth-order valence-electron chi connectivity index (χ4n) is 1.21. The molecule has 1 aromatic carbocycles. The van der Waals surface area contributed by atoms with Gasteiger partial charge < -0.3 is 10.8 Å². The average molecular weight is 177 g/mol. The highest BCUT2D eigenvalue weighted by molar-refractivity contribution is 5.95. The summed E-state index contributed by atoms with van der Waals surface area (Å²) in [6.45, 7) is 3.55. The molecule has 0 heterocycles. The molecule has 0 radical (unpaired) electrons. The van der Waals surface area contributed by atoms with Crippen LogP contribution in [0.5, 0.6) is 0 Å². The second-order valence-electron chi connectivity index (χ2n) is 2.68. The van der Waals surface area contributed by atoms with Crippen molar-refractivity contribution in [3.05, 3.63) is 42.0 Å². The Balaban J connectivity index is 3.25. The lowest BCUT2D eigenvalue weighted by atomic mass is 10.0. The zero-order valence-corrected chi connectivity index (χ0v) is 7.16. The van der Waals surface area contributed by atoms with Gasteiger partial charge in [0.05, 0.1) is 5.56 Å². The van der Waals surface area contributed by atoms with E-state index >= 15 is 0 Å². The molecule has 1 rings (SSSR count). The average Bonchev–Trinajstić information content (AvgIpc) is 2.04. The fourth-order valence-corrected chi connectivity index (χ4v) is 1.21. The number of allylic oxidation sites excluding steroid dienone is 1. The van der Waals surface area contributed by atoms with Crippen molar-refractivity contribution >= 4 is 11.7 Å². The van der Waals surface area contributed by atoms with E-state index < -0.39 is 5.97 Å². The molecule has 13 heavy (non-hydrogen) atoms. The molecule has 3 nitrogen and oxygen atoms in total. The van der Waals surface area contributed by atoms with E-state index in [1.165, 1.54) is 0 Å². The van der Waals surface area contributed by atoms with Crippen molar-refractivity contribution in [1.29, 1.82) is 0 Å². The Bertz CT molecular complexity index is 345. The maximum Gasteiger partial charge on any atom is 0.338 e. The molecule has 0 aliphatic rings. The molecule has 1 aromatic rings. The number of benzene rings is 1. The summed E-state index contributed by atoms with van der Waals surface area (Å²) in [6.07, 6.45) is 2.17. The molecule has 0 aliphatic heterocycles. The number of nitrogens with two attached hydrogens (primary N) is 1. The predicted octanol–water partition coefficient (Wildman–Crippen LogP) is 1.70. The topological polar surface area (TPSA) is 63.3 Å². The molecule has 0 atom stereocenters. The summed E-state index contributed by atoms with van der Waals surface area (Å²) in [5, 5.41) is 8.86. The first-order valence-corrected chi connectivity index (χ1v) is 3.88. The van der Waals surface area contributed by atoms with Crippen LogP contribution < -0.4 is 5.73 Å². The number of hydrogen-bond donors (Lipinski definition) is 2. The van der Waals surface area contributed by atoms with E-state index in [9.17, 15) is 4.79 Å². The van der Waals surface area contributed by atoms with Gasteiger partial charge in [-0.2, -0.15) is 0 Å². The largest absolute Gasteiger partial charge is 0.478 e. The SMILES string of the molecule is C=CCc1cccc(N)c1C(=O)O. The molecule has 0 saturated carbocycles. The van der Waals surface area contributed by atoms with E-state index in [-0.39, 0.29) is 5.56 Å². The van der Waals surface area contributed by atoms with Crippen molar-refractivity contribution < 1.29 is 9.90 Å². The Labute approximate surface area is 76.5 Å². The van der Waals surface area contributed by atoms with Crippen molar-refractivity contribution in [1.82, 2.24) is 0 Å². The number of anilines is 1. The van der Waals surface area contributed by atoms with Gasteiger partial charge in [-0.05, 0) is 18.1 Å². The highest BCUT2D eigenvalue weighted by Gasteiger charge is 2.11. The molecule has 0 aromatic heterocycles. The minimum Gasteiger partial charge on any atom is -0.478 e. The third-order valence-corrected chi connectivity index (χ3v) is 1.76.